The van der Waals surface area contributed by atoms with Gasteiger partial charge >= 0.3 is 0 Å². The number of ketones is 1. The smallest absolute Gasteiger partial charge is 0.155 e. The molecule has 2 nitrogen and oxygen atoms in total. The molecule has 1 aromatic rings. The average molecular weight is 393 g/mol. The van der Waals surface area contributed by atoms with Crippen LogP contribution < -0.4 is 0 Å². The first-order valence-electron chi connectivity index (χ1n) is 11.8. The molecular weight excluding hydrogens is 356 g/mol. The average Bonchev–Trinajstić information content (AvgIpc) is 2.90. The zero-order valence-corrected chi connectivity index (χ0v) is 18.5. The number of phenolic OH excluding ortho intramolecular Hbond substituents is 1. The molecule has 0 amide bonds. The van der Waals surface area contributed by atoms with Crippen molar-refractivity contribution in [3.63, 3.8) is 0 Å². The van der Waals surface area contributed by atoms with Crippen LogP contribution in [0.2, 0.25) is 0 Å². The van der Waals surface area contributed by atoms with Crippen molar-refractivity contribution in [1.82, 2.24) is 0 Å². The van der Waals surface area contributed by atoms with Gasteiger partial charge in [-0.05, 0) is 101 Å². The predicted molar refractivity (Wildman–Crippen MR) is 117 cm³/mol. The summed E-state index contributed by atoms with van der Waals surface area (Å²) in [5, 5.41) is 10.1. The van der Waals surface area contributed by atoms with Gasteiger partial charge in [-0.2, -0.15) is 0 Å². The third-order valence-corrected chi connectivity index (χ3v) is 10.4. The molecule has 2 fully saturated rings. The van der Waals surface area contributed by atoms with Gasteiger partial charge in [-0.3, -0.25) is 4.79 Å². The highest BCUT2D eigenvalue weighted by molar-refractivity contribution is 5.91. The highest BCUT2D eigenvalue weighted by Crippen LogP contribution is 2.75. The molecule has 0 aliphatic heterocycles. The standard InChI is InChI=1S/C27H36O2/c1-5-6-19-13-17-14-20(28)9-10-22(17)23-11-12-25(2)24(27(19,23)4)15-18-7-8-21(29)16-26(18,25)3/h7-10,14,18-19,23-24,28H,5-6,11-13,15-16H2,1-4H3/t18-,19-,23-,24-,25+,26-,27-/m1/s1. The van der Waals surface area contributed by atoms with Crippen molar-refractivity contribution in [2.45, 2.75) is 78.6 Å². The first-order chi connectivity index (χ1) is 13.7. The fourth-order valence-electron chi connectivity index (χ4n) is 8.68. The van der Waals surface area contributed by atoms with E-state index in [0.29, 0.717) is 35.2 Å². The van der Waals surface area contributed by atoms with Crippen LogP contribution in [0.25, 0.3) is 0 Å². The van der Waals surface area contributed by atoms with E-state index in [9.17, 15) is 9.90 Å². The number of carbonyl (C=O) groups excluding carboxylic acids is 1. The molecule has 5 rings (SSSR count). The number of rotatable bonds is 2. The molecule has 0 unspecified atom stereocenters. The Bertz CT molecular complexity index is 885. The van der Waals surface area contributed by atoms with Crippen LogP contribution in [0.4, 0.5) is 0 Å². The molecule has 0 saturated heterocycles. The molecule has 4 aliphatic rings. The van der Waals surface area contributed by atoms with Gasteiger partial charge in [-0.25, -0.2) is 0 Å². The Kier molecular flexibility index (Phi) is 4.16. The van der Waals surface area contributed by atoms with Crippen LogP contribution in [0.15, 0.2) is 30.4 Å². The number of carbonyl (C=O) groups is 1. The quantitative estimate of drug-likeness (QED) is 0.630. The third-order valence-electron chi connectivity index (χ3n) is 10.4. The molecule has 7 atom stereocenters. The van der Waals surface area contributed by atoms with E-state index >= 15 is 0 Å². The molecule has 156 valence electrons. The SMILES string of the molecule is CCC[C@@H]1Cc2cc(O)ccc2[C@H]2CC[C@@]3(C)[C@@H](C[C@H]4C=CC(=O)C[C@]43C)[C@]12C. The lowest BCUT2D eigenvalue weighted by Gasteiger charge is -2.62. The fourth-order valence-corrected chi connectivity index (χ4v) is 8.68. The van der Waals surface area contributed by atoms with Gasteiger partial charge in [0.15, 0.2) is 5.78 Å². The number of fused-ring (bicyclic) bond motifs is 7. The molecule has 2 heteroatoms. The van der Waals surface area contributed by atoms with Crippen molar-refractivity contribution in [3.8, 4) is 5.75 Å². The Morgan fingerprint density at radius 1 is 1.17 bits per heavy atom. The van der Waals surface area contributed by atoms with E-state index in [4.69, 9.17) is 0 Å². The minimum Gasteiger partial charge on any atom is -0.508 e. The first kappa shape index (κ1) is 19.4. The third kappa shape index (κ3) is 2.38. The minimum atomic E-state index is 0.101. The van der Waals surface area contributed by atoms with Crippen molar-refractivity contribution in [2.24, 2.45) is 34.0 Å². The van der Waals surface area contributed by atoms with Gasteiger partial charge in [-0.1, -0.05) is 46.3 Å². The Labute approximate surface area is 175 Å². The van der Waals surface area contributed by atoms with Crippen molar-refractivity contribution >= 4 is 5.78 Å². The summed E-state index contributed by atoms with van der Waals surface area (Å²) in [7, 11) is 0. The first-order valence-corrected chi connectivity index (χ1v) is 11.8. The predicted octanol–water partition coefficient (Wildman–Crippen LogP) is 6.43. The maximum absolute atomic E-state index is 12.4. The van der Waals surface area contributed by atoms with E-state index < -0.39 is 0 Å². The second kappa shape index (κ2) is 6.22. The molecule has 2 saturated carbocycles. The van der Waals surface area contributed by atoms with E-state index in [1.165, 1.54) is 43.2 Å². The van der Waals surface area contributed by atoms with Gasteiger partial charge in [0.25, 0.3) is 0 Å². The van der Waals surface area contributed by atoms with E-state index in [2.05, 4.69) is 39.8 Å². The van der Waals surface area contributed by atoms with Crippen molar-refractivity contribution in [3.05, 3.63) is 41.5 Å². The number of aromatic hydroxyl groups is 1. The molecule has 1 N–H and O–H groups in total. The zero-order valence-electron chi connectivity index (χ0n) is 18.5. The largest absolute Gasteiger partial charge is 0.508 e. The van der Waals surface area contributed by atoms with Gasteiger partial charge in [0.2, 0.25) is 0 Å². The number of hydrogen-bond donors (Lipinski definition) is 1. The highest BCUT2D eigenvalue weighted by Gasteiger charge is 2.68. The summed E-state index contributed by atoms with van der Waals surface area (Å²) in [6, 6.07) is 6.14. The molecule has 29 heavy (non-hydrogen) atoms. The number of allylic oxidation sites excluding steroid dienone is 2. The molecule has 0 spiro atoms. The second-order valence-corrected chi connectivity index (χ2v) is 11.3. The van der Waals surface area contributed by atoms with Crippen LogP contribution in [0, 0.1) is 34.0 Å². The lowest BCUT2D eigenvalue weighted by molar-refractivity contribution is -0.127. The Morgan fingerprint density at radius 2 is 1.97 bits per heavy atom. The molecule has 4 aliphatic carbocycles. The fraction of sp³-hybridized carbons (Fsp3) is 0.667. The maximum Gasteiger partial charge on any atom is 0.155 e. The minimum absolute atomic E-state index is 0.101. The van der Waals surface area contributed by atoms with Gasteiger partial charge in [-0.15, -0.1) is 0 Å². The van der Waals surface area contributed by atoms with Crippen LogP contribution in [-0.2, 0) is 11.2 Å². The van der Waals surface area contributed by atoms with Crippen LogP contribution in [-0.4, -0.2) is 10.9 Å². The Hall–Kier alpha value is -1.57. The number of hydrogen-bond acceptors (Lipinski definition) is 2. The summed E-state index contributed by atoms with van der Waals surface area (Å²) in [6.07, 6.45) is 12.1. The highest BCUT2D eigenvalue weighted by atomic mass is 16.3. The van der Waals surface area contributed by atoms with E-state index in [1.54, 1.807) is 0 Å². The zero-order chi connectivity index (χ0) is 20.6. The van der Waals surface area contributed by atoms with Crippen LogP contribution in [0.1, 0.15) is 83.3 Å². The second-order valence-electron chi connectivity index (χ2n) is 11.3. The van der Waals surface area contributed by atoms with Gasteiger partial charge < -0.3 is 5.11 Å². The number of benzene rings is 1. The molecule has 0 aromatic heterocycles. The lowest BCUT2D eigenvalue weighted by Crippen LogP contribution is -2.55. The summed E-state index contributed by atoms with van der Waals surface area (Å²) in [6.45, 7) is 9.87. The van der Waals surface area contributed by atoms with Gasteiger partial charge in [0.1, 0.15) is 5.75 Å². The van der Waals surface area contributed by atoms with Crippen LogP contribution >= 0.6 is 0 Å². The van der Waals surface area contributed by atoms with E-state index in [-0.39, 0.29) is 16.2 Å². The van der Waals surface area contributed by atoms with E-state index in [1.807, 2.05) is 18.2 Å². The van der Waals surface area contributed by atoms with Crippen molar-refractivity contribution < 1.29 is 9.90 Å². The summed E-state index contributed by atoms with van der Waals surface area (Å²) in [4.78, 5) is 12.4. The molecule has 1 aromatic carbocycles. The van der Waals surface area contributed by atoms with Gasteiger partial charge in [0, 0.05) is 6.42 Å². The summed E-state index contributed by atoms with van der Waals surface area (Å²) >= 11 is 0. The summed E-state index contributed by atoms with van der Waals surface area (Å²) in [5.41, 5.74) is 3.47. The molecular formula is C27H36O2. The lowest BCUT2D eigenvalue weighted by atomic mass is 9.42. The Morgan fingerprint density at radius 3 is 2.72 bits per heavy atom. The topological polar surface area (TPSA) is 37.3 Å². The number of phenols is 1. The Balaban J connectivity index is 1.64. The molecule has 0 radical (unpaired) electrons. The molecule has 0 heterocycles. The summed E-state index contributed by atoms with van der Waals surface area (Å²) < 4.78 is 0. The van der Waals surface area contributed by atoms with Crippen LogP contribution in [0.5, 0.6) is 5.75 Å². The molecule has 0 bridgehead atoms. The van der Waals surface area contributed by atoms with Crippen molar-refractivity contribution in [2.75, 3.05) is 0 Å². The van der Waals surface area contributed by atoms with Crippen molar-refractivity contribution in [1.29, 1.82) is 0 Å². The normalized spacial score (nSPS) is 45.3. The van der Waals surface area contributed by atoms with E-state index in [0.717, 1.165) is 12.8 Å². The summed E-state index contributed by atoms with van der Waals surface area (Å²) in [5.74, 6) is 3.15. The van der Waals surface area contributed by atoms with Crippen LogP contribution in [0.3, 0.4) is 0 Å². The van der Waals surface area contributed by atoms with Gasteiger partial charge in [0.05, 0.1) is 0 Å². The maximum atomic E-state index is 12.4. The monoisotopic (exact) mass is 392 g/mol.